The third-order valence-corrected chi connectivity index (χ3v) is 2.97. The number of hydrogen-bond acceptors (Lipinski definition) is 2. The van der Waals surface area contributed by atoms with E-state index in [1.165, 1.54) is 6.07 Å². The normalized spacial score (nSPS) is 10.9. The molecule has 0 saturated carbocycles. The fourth-order valence-electron chi connectivity index (χ4n) is 1.97. The number of aromatic nitrogens is 2. The first kappa shape index (κ1) is 13.7. The Labute approximate surface area is 111 Å². The highest BCUT2D eigenvalue weighted by molar-refractivity contribution is 5.21. The van der Waals surface area contributed by atoms with Gasteiger partial charge in [0.25, 0.3) is 0 Å². The lowest BCUT2D eigenvalue weighted by Crippen LogP contribution is -2.12. The maximum Gasteiger partial charge on any atom is 0.159 e. The van der Waals surface area contributed by atoms with E-state index in [4.69, 9.17) is 0 Å². The fraction of sp³-hybridized carbons (Fsp3) is 0.357. The SMILES string of the molecule is CNCCCn1ccnc1Cc1ccc(F)c(F)c1. The Morgan fingerprint density at radius 1 is 1.26 bits per heavy atom. The van der Waals surface area contributed by atoms with E-state index in [-0.39, 0.29) is 0 Å². The number of nitrogens with zero attached hydrogens (tertiary/aromatic N) is 2. The molecule has 2 rings (SSSR count). The van der Waals surface area contributed by atoms with Crippen LogP contribution < -0.4 is 5.32 Å². The molecule has 1 aromatic carbocycles. The summed E-state index contributed by atoms with van der Waals surface area (Å²) in [4.78, 5) is 4.27. The number of imidazole rings is 1. The quantitative estimate of drug-likeness (QED) is 0.813. The Morgan fingerprint density at radius 2 is 2.11 bits per heavy atom. The minimum absolute atomic E-state index is 0.504. The van der Waals surface area contributed by atoms with Gasteiger partial charge in [-0.2, -0.15) is 0 Å². The molecule has 1 aromatic heterocycles. The van der Waals surface area contributed by atoms with Gasteiger partial charge >= 0.3 is 0 Å². The summed E-state index contributed by atoms with van der Waals surface area (Å²) in [5.74, 6) is -0.769. The maximum absolute atomic E-state index is 13.1. The number of hydrogen-bond donors (Lipinski definition) is 1. The smallest absolute Gasteiger partial charge is 0.159 e. The van der Waals surface area contributed by atoms with Crippen LogP contribution in [0.5, 0.6) is 0 Å². The van der Waals surface area contributed by atoms with Crippen molar-refractivity contribution in [2.45, 2.75) is 19.4 Å². The molecule has 0 radical (unpaired) electrons. The number of aryl methyl sites for hydroxylation is 1. The van der Waals surface area contributed by atoms with Crippen molar-refractivity contribution in [3.63, 3.8) is 0 Å². The van der Waals surface area contributed by atoms with Gasteiger partial charge in [-0.3, -0.25) is 0 Å². The Balaban J connectivity index is 2.06. The Kier molecular flexibility index (Phi) is 4.63. The first-order valence-corrected chi connectivity index (χ1v) is 6.29. The average Bonchev–Trinajstić information content (AvgIpc) is 2.82. The van der Waals surface area contributed by atoms with Gasteiger partial charge in [-0.15, -0.1) is 0 Å². The molecule has 19 heavy (non-hydrogen) atoms. The van der Waals surface area contributed by atoms with Crippen molar-refractivity contribution in [1.29, 1.82) is 0 Å². The van der Waals surface area contributed by atoms with Gasteiger partial charge in [-0.05, 0) is 37.7 Å². The zero-order valence-electron chi connectivity index (χ0n) is 10.9. The van der Waals surface area contributed by atoms with Crippen molar-refractivity contribution in [3.8, 4) is 0 Å². The van der Waals surface area contributed by atoms with Crippen molar-refractivity contribution in [2.24, 2.45) is 0 Å². The molecule has 0 aliphatic rings. The molecule has 3 nitrogen and oxygen atoms in total. The Morgan fingerprint density at radius 3 is 2.84 bits per heavy atom. The van der Waals surface area contributed by atoms with E-state index in [1.54, 1.807) is 12.3 Å². The molecular formula is C14H17F2N3. The molecule has 0 aliphatic heterocycles. The van der Waals surface area contributed by atoms with Gasteiger partial charge in [0.2, 0.25) is 0 Å². The highest BCUT2D eigenvalue weighted by Crippen LogP contribution is 2.12. The van der Waals surface area contributed by atoms with Crippen LogP contribution in [0.25, 0.3) is 0 Å². The third kappa shape index (κ3) is 3.61. The van der Waals surface area contributed by atoms with Gasteiger partial charge in [-0.1, -0.05) is 6.07 Å². The topological polar surface area (TPSA) is 29.9 Å². The van der Waals surface area contributed by atoms with Crippen molar-refractivity contribution in [2.75, 3.05) is 13.6 Å². The van der Waals surface area contributed by atoms with E-state index in [2.05, 4.69) is 10.3 Å². The summed E-state index contributed by atoms with van der Waals surface area (Å²) in [5.41, 5.74) is 0.722. The molecule has 0 fully saturated rings. The second-order valence-corrected chi connectivity index (χ2v) is 4.42. The Bertz CT molecular complexity index is 537. The third-order valence-electron chi connectivity index (χ3n) is 2.97. The molecule has 1 N–H and O–H groups in total. The highest BCUT2D eigenvalue weighted by Gasteiger charge is 2.07. The average molecular weight is 265 g/mol. The van der Waals surface area contributed by atoms with E-state index in [1.807, 2.05) is 17.8 Å². The molecule has 2 aromatic rings. The fourth-order valence-corrected chi connectivity index (χ4v) is 1.97. The molecule has 0 atom stereocenters. The van der Waals surface area contributed by atoms with Crippen molar-refractivity contribution in [3.05, 3.63) is 53.6 Å². The number of benzene rings is 1. The van der Waals surface area contributed by atoms with E-state index in [0.29, 0.717) is 6.42 Å². The lowest BCUT2D eigenvalue weighted by molar-refractivity contribution is 0.507. The van der Waals surface area contributed by atoms with Crippen LogP contribution in [0.1, 0.15) is 17.8 Å². The van der Waals surface area contributed by atoms with Gasteiger partial charge in [0.05, 0.1) is 0 Å². The molecular weight excluding hydrogens is 248 g/mol. The monoisotopic (exact) mass is 265 g/mol. The first-order chi connectivity index (χ1) is 9.20. The summed E-state index contributed by atoms with van der Waals surface area (Å²) < 4.78 is 28.0. The molecule has 5 heteroatoms. The van der Waals surface area contributed by atoms with Crippen LogP contribution in [0, 0.1) is 11.6 Å². The van der Waals surface area contributed by atoms with Gasteiger partial charge in [0.15, 0.2) is 11.6 Å². The molecule has 0 spiro atoms. The maximum atomic E-state index is 13.1. The van der Waals surface area contributed by atoms with E-state index in [0.717, 1.165) is 37.0 Å². The van der Waals surface area contributed by atoms with Crippen LogP contribution in [-0.2, 0) is 13.0 Å². The second-order valence-electron chi connectivity index (χ2n) is 4.42. The van der Waals surface area contributed by atoms with Gasteiger partial charge in [-0.25, -0.2) is 13.8 Å². The molecule has 102 valence electrons. The van der Waals surface area contributed by atoms with Crippen LogP contribution in [0.3, 0.4) is 0 Å². The minimum Gasteiger partial charge on any atom is -0.335 e. The molecule has 0 unspecified atom stereocenters. The van der Waals surface area contributed by atoms with Crippen LogP contribution in [0.4, 0.5) is 8.78 Å². The van der Waals surface area contributed by atoms with Crippen LogP contribution in [-0.4, -0.2) is 23.1 Å². The molecule has 0 aliphatic carbocycles. The summed E-state index contributed by atoms with van der Waals surface area (Å²) in [7, 11) is 1.91. The summed E-state index contributed by atoms with van der Waals surface area (Å²) in [6.07, 6.45) is 5.14. The molecule has 0 bridgehead atoms. The van der Waals surface area contributed by atoms with Crippen molar-refractivity contribution < 1.29 is 8.78 Å². The van der Waals surface area contributed by atoms with Crippen LogP contribution >= 0.6 is 0 Å². The zero-order chi connectivity index (χ0) is 13.7. The van der Waals surface area contributed by atoms with E-state index in [9.17, 15) is 8.78 Å². The van der Waals surface area contributed by atoms with E-state index < -0.39 is 11.6 Å². The Hall–Kier alpha value is -1.75. The molecule has 0 saturated heterocycles. The summed E-state index contributed by atoms with van der Waals surface area (Å²) in [6.45, 7) is 1.79. The van der Waals surface area contributed by atoms with E-state index >= 15 is 0 Å². The summed E-state index contributed by atoms with van der Waals surface area (Å²) >= 11 is 0. The predicted octanol–water partition coefficient (Wildman–Crippen LogP) is 2.36. The second kappa shape index (κ2) is 6.43. The molecule has 0 amide bonds. The lowest BCUT2D eigenvalue weighted by atomic mass is 10.1. The van der Waals surface area contributed by atoms with Crippen molar-refractivity contribution in [1.82, 2.24) is 14.9 Å². The van der Waals surface area contributed by atoms with Gasteiger partial charge < -0.3 is 9.88 Å². The standard InChI is InChI=1S/C14H17F2N3/c1-17-5-2-7-19-8-6-18-14(19)10-11-3-4-12(15)13(16)9-11/h3-4,6,8-9,17H,2,5,7,10H2,1H3. The van der Waals surface area contributed by atoms with Crippen molar-refractivity contribution >= 4 is 0 Å². The predicted molar refractivity (Wildman–Crippen MR) is 69.9 cm³/mol. The van der Waals surface area contributed by atoms with Gasteiger partial charge in [0.1, 0.15) is 5.82 Å². The zero-order valence-corrected chi connectivity index (χ0v) is 10.9. The highest BCUT2D eigenvalue weighted by atomic mass is 19.2. The number of rotatable bonds is 6. The van der Waals surface area contributed by atoms with Crippen LogP contribution in [0.2, 0.25) is 0 Å². The van der Waals surface area contributed by atoms with Gasteiger partial charge in [0, 0.05) is 25.4 Å². The lowest BCUT2D eigenvalue weighted by Gasteiger charge is -2.08. The largest absolute Gasteiger partial charge is 0.335 e. The van der Waals surface area contributed by atoms with Crippen LogP contribution in [0.15, 0.2) is 30.6 Å². The summed E-state index contributed by atoms with van der Waals surface area (Å²) in [6, 6.07) is 3.96. The first-order valence-electron chi connectivity index (χ1n) is 6.29. The molecule has 1 heterocycles. The summed E-state index contributed by atoms with van der Waals surface area (Å²) in [5, 5.41) is 3.09. The minimum atomic E-state index is -0.818. The number of halogens is 2. The number of nitrogens with one attached hydrogen (secondary N) is 1.